The minimum atomic E-state index is -0.196. The van der Waals surface area contributed by atoms with Gasteiger partial charge >= 0.3 is 0 Å². The van der Waals surface area contributed by atoms with E-state index in [2.05, 4.69) is 31.3 Å². The molecule has 1 atom stereocenters. The molecular weight excluding hydrogens is 288 g/mol. The van der Waals surface area contributed by atoms with Gasteiger partial charge in [-0.25, -0.2) is 0 Å². The Kier molecular flexibility index (Phi) is 5.37. The predicted octanol–water partition coefficient (Wildman–Crippen LogP) is 3.43. The molecule has 4 heteroatoms. The molecule has 0 fully saturated rings. The second-order valence-electron chi connectivity index (χ2n) is 5.56. The second kappa shape index (κ2) is 7.46. The van der Waals surface area contributed by atoms with Crippen LogP contribution in [0.25, 0.3) is 0 Å². The Bertz CT molecular complexity index is 747. The quantitative estimate of drug-likeness (QED) is 0.920. The summed E-state index contributed by atoms with van der Waals surface area (Å²) in [5, 5.41) is 11.8. The first-order valence-electron chi connectivity index (χ1n) is 7.49. The van der Waals surface area contributed by atoms with Crippen molar-refractivity contribution < 1.29 is 9.53 Å². The third-order valence-electron chi connectivity index (χ3n) is 3.74. The van der Waals surface area contributed by atoms with E-state index in [0.717, 1.165) is 5.56 Å². The van der Waals surface area contributed by atoms with Gasteiger partial charge in [0.15, 0.2) is 6.61 Å². The summed E-state index contributed by atoms with van der Waals surface area (Å²) in [5.74, 6) is 0.316. The second-order valence-corrected chi connectivity index (χ2v) is 5.56. The summed E-state index contributed by atoms with van der Waals surface area (Å²) in [7, 11) is 0. The highest BCUT2D eigenvalue weighted by atomic mass is 16.5. The number of aryl methyl sites for hydroxylation is 2. The fraction of sp³-hybridized carbons (Fsp3) is 0.263. The van der Waals surface area contributed by atoms with Crippen LogP contribution in [0.2, 0.25) is 0 Å². The van der Waals surface area contributed by atoms with E-state index in [1.165, 1.54) is 11.1 Å². The van der Waals surface area contributed by atoms with E-state index >= 15 is 0 Å². The number of nitriles is 1. The number of amides is 1. The van der Waals surface area contributed by atoms with E-state index in [9.17, 15) is 4.79 Å². The summed E-state index contributed by atoms with van der Waals surface area (Å²) < 4.78 is 5.43. The van der Waals surface area contributed by atoms with E-state index < -0.39 is 0 Å². The number of ether oxygens (including phenoxy) is 1. The first-order chi connectivity index (χ1) is 11.0. The monoisotopic (exact) mass is 308 g/mol. The van der Waals surface area contributed by atoms with Crippen LogP contribution in [0.3, 0.4) is 0 Å². The molecule has 1 N–H and O–H groups in total. The molecule has 0 heterocycles. The van der Waals surface area contributed by atoms with Crippen molar-refractivity contribution in [3.05, 3.63) is 64.7 Å². The highest BCUT2D eigenvalue weighted by molar-refractivity contribution is 5.78. The van der Waals surface area contributed by atoms with Crippen molar-refractivity contribution in [3.8, 4) is 11.8 Å². The van der Waals surface area contributed by atoms with E-state index in [4.69, 9.17) is 10.00 Å². The maximum atomic E-state index is 12.0. The Labute approximate surface area is 136 Å². The highest BCUT2D eigenvalue weighted by Crippen LogP contribution is 2.17. The summed E-state index contributed by atoms with van der Waals surface area (Å²) in [6, 6.07) is 14.9. The van der Waals surface area contributed by atoms with Crippen LogP contribution in [0, 0.1) is 25.2 Å². The van der Waals surface area contributed by atoms with Gasteiger partial charge in [0.2, 0.25) is 0 Å². The average Bonchev–Trinajstić information content (AvgIpc) is 2.55. The van der Waals surface area contributed by atoms with Crippen molar-refractivity contribution in [1.29, 1.82) is 5.26 Å². The third kappa shape index (κ3) is 4.58. The lowest BCUT2D eigenvalue weighted by Crippen LogP contribution is -2.31. The summed E-state index contributed by atoms with van der Waals surface area (Å²) in [6.07, 6.45) is 0. The Balaban J connectivity index is 1.91. The van der Waals surface area contributed by atoms with Gasteiger partial charge in [-0.1, -0.05) is 24.3 Å². The third-order valence-corrected chi connectivity index (χ3v) is 3.74. The molecule has 0 unspecified atom stereocenters. The smallest absolute Gasteiger partial charge is 0.258 e. The molecule has 0 saturated carbocycles. The highest BCUT2D eigenvalue weighted by Gasteiger charge is 2.11. The fourth-order valence-electron chi connectivity index (χ4n) is 2.20. The van der Waals surface area contributed by atoms with Gasteiger partial charge in [-0.05, 0) is 55.7 Å². The van der Waals surface area contributed by atoms with Gasteiger partial charge in [0, 0.05) is 0 Å². The maximum absolute atomic E-state index is 12.0. The number of hydrogen-bond donors (Lipinski definition) is 1. The molecule has 23 heavy (non-hydrogen) atoms. The topological polar surface area (TPSA) is 62.1 Å². The molecule has 2 aromatic rings. The SMILES string of the molecule is Cc1ccc([C@@H](C)NC(=O)COc2cccc(C#N)c2)cc1C. The van der Waals surface area contributed by atoms with E-state index in [1.54, 1.807) is 24.3 Å². The predicted molar refractivity (Wildman–Crippen MR) is 89.1 cm³/mol. The molecule has 0 aliphatic carbocycles. The molecule has 0 spiro atoms. The average molecular weight is 308 g/mol. The molecule has 118 valence electrons. The van der Waals surface area contributed by atoms with Crippen LogP contribution in [0.1, 0.15) is 35.2 Å². The zero-order valence-corrected chi connectivity index (χ0v) is 13.6. The molecule has 0 saturated heterocycles. The van der Waals surface area contributed by atoms with Crippen molar-refractivity contribution >= 4 is 5.91 Å². The van der Waals surface area contributed by atoms with Crippen molar-refractivity contribution in [2.75, 3.05) is 6.61 Å². The number of carbonyl (C=O) groups excluding carboxylic acids is 1. The molecule has 0 aromatic heterocycles. The Hall–Kier alpha value is -2.80. The van der Waals surface area contributed by atoms with Crippen molar-refractivity contribution in [2.24, 2.45) is 0 Å². The summed E-state index contributed by atoms with van der Waals surface area (Å²) >= 11 is 0. The number of nitrogens with zero attached hydrogens (tertiary/aromatic N) is 1. The van der Waals surface area contributed by atoms with Gasteiger partial charge in [0.05, 0.1) is 17.7 Å². The molecule has 0 aliphatic rings. The summed E-state index contributed by atoms with van der Waals surface area (Å²) in [5.41, 5.74) is 4.00. The van der Waals surface area contributed by atoms with Crippen LogP contribution >= 0.6 is 0 Å². The Morgan fingerprint density at radius 3 is 2.70 bits per heavy atom. The Morgan fingerprint density at radius 2 is 2.00 bits per heavy atom. The van der Waals surface area contributed by atoms with Gasteiger partial charge in [0.1, 0.15) is 5.75 Å². The molecule has 0 bridgehead atoms. The number of benzene rings is 2. The van der Waals surface area contributed by atoms with Gasteiger partial charge in [-0.3, -0.25) is 4.79 Å². The minimum Gasteiger partial charge on any atom is -0.484 e. The summed E-state index contributed by atoms with van der Waals surface area (Å²) in [4.78, 5) is 12.0. The van der Waals surface area contributed by atoms with Gasteiger partial charge in [-0.2, -0.15) is 5.26 Å². The van der Waals surface area contributed by atoms with Gasteiger partial charge in [0.25, 0.3) is 5.91 Å². The van der Waals surface area contributed by atoms with Crippen LogP contribution in [0.5, 0.6) is 5.75 Å². The summed E-state index contributed by atoms with van der Waals surface area (Å²) in [6.45, 7) is 5.98. The van der Waals surface area contributed by atoms with E-state index in [1.807, 2.05) is 19.1 Å². The lowest BCUT2D eigenvalue weighted by atomic mass is 10.0. The molecule has 0 aliphatic heterocycles. The normalized spacial score (nSPS) is 11.4. The molecule has 2 aromatic carbocycles. The molecule has 0 radical (unpaired) electrons. The lowest BCUT2D eigenvalue weighted by Gasteiger charge is -2.16. The lowest BCUT2D eigenvalue weighted by molar-refractivity contribution is -0.123. The van der Waals surface area contributed by atoms with Gasteiger partial charge in [-0.15, -0.1) is 0 Å². The first kappa shape index (κ1) is 16.6. The van der Waals surface area contributed by atoms with Crippen molar-refractivity contribution in [1.82, 2.24) is 5.32 Å². The van der Waals surface area contributed by atoms with Crippen LogP contribution in [0.4, 0.5) is 0 Å². The zero-order chi connectivity index (χ0) is 16.8. The molecule has 2 rings (SSSR count). The van der Waals surface area contributed by atoms with E-state index in [0.29, 0.717) is 11.3 Å². The molecular formula is C19H20N2O2. The molecule has 1 amide bonds. The zero-order valence-electron chi connectivity index (χ0n) is 13.6. The van der Waals surface area contributed by atoms with Crippen molar-refractivity contribution in [3.63, 3.8) is 0 Å². The van der Waals surface area contributed by atoms with Crippen LogP contribution in [0.15, 0.2) is 42.5 Å². The standard InChI is InChI=1S/C19H20N2O2/c1-13-7-8-17(9-14(13)2)15(3)21-19(22)12-23-18-6-4-5-16(10-18)11-20/h4-10,15H,12H2,1-3H3,(H,21,22)/t15-/m1/s1. The maximum Gasteiger partial charge on any atom is 0.258 e. The van der Waals surface area contributed by atoms with Crippen LogP contribution < -0.4 is 10.1 Å². The largest absolute Gasteiger partial charge is 0.484 e. The molecule has 4 nitrogen and oxygen atoms in total. The number of carbonyl (C=O) groups is 1. The number of hydrogen-bond acceptors (Lipinski definition) is 3. The number of nitrogens with one attached hydrogen (secondary N) is 1. The first-order valence-corrected chi connectivity index (χ1v) is 7.49. The fourth-order valence-corrected chi connectivity index (χ4v) is 2.20. The van der Waals surface area contributed by atoms with Crippen LogP contribution in [-0.2, 0) is 4.79 Å². The van der Waals surface area contributed by atoms with E-state index in [-0.39, 0.29) is 18.6 Å². The van der Waals surface area contributed by atoms with Crippen molar-refractivity contribution in [2.45, 2.75) is 26.8 Å². The Morgan fingerprint density at radius 1 is 1.22 bits per heavy atom. The minimum absolute atomic E-state index is 0.0793. The van der Waals surface area contributed by atoms with Gasteiger partial charge < -0.3 is 10.1 Å². The van der Waals surface area contributed by atoms with Crippen LogP contribution in [-0.4, -0.2) is 12.5 Å². The number of rotatable bonds is 5.